The van der Waals surface area contributed by atoms with Crippen molar-refractivity contribution < 1.29 is 9.53 Å². The van der Waals surface area contributed by atoms with Crippen molar-refractivity contribution in [3.8, 4) is 0 Å². The van der Waals surface area contributed by atoms with E-state index >= 15 is 0 Å². The molecule has 1 atom stereocenters. The fraction of sp³-hybridized carbons (Fsp3) is 0.417. The molecule has 30 heavy (non-hydrogen) atoms. The lowest BCUT2D eigenvalue weighted by molar-refractivity contribution is 0.0917. The van der Waals surface area contributed by atoms with E-state index in [1.807, 2.05) is 23.1 Å². The molecule has 0 aliphatic carbocycles. The molecule has 3 aromatic rings. The molecule has 1 amide bonds. The monoisotopic (exact) mass is 440 g/mol. The van der Waals surface area contributed by atoms with Gasteiger partial charge in [0.2, 0.25) is 0 Å². The number of anilines is 1. The first kappa shape index (κ1) is 21.3. The fourth-order valence-corrected chi connectivity index (χ4v) is 5.60. The summed E-state index contributed by atoms with van der Waals surface area (Å²) < 4.78 is 6.98. The van der Waals surface area contributed by atoms with Crippen molar-refractivity contribution in [2.45, 2.75) is 56.3 Å². The topological polar surface area (TPSA) is 42.4 Å². The molecule has 4 rings (SSSR count). The van der Waals surface area contributed by atoms with Crippen LogP contribution in [0.2, 0.25) is 0 Å². The van der Waals surface area contributed by atoms with Gasteiger partial charge < -0.3 is 4.74 Å². The lowest BCUT2D eigenvalue weighted by atomic mass is 10.1. The van der Waals surface area contributed by atoms with Crippen LogP contribution in [0.5, 0.6) is 0 Å². The maximum Gasteiger partial charge on any atom is 0.260 e. The van der Waals surface area contributed by atoms with E-state index in [-0.39, 0.29) is 12.0 Å². The molecule has 1 aliphatic rings. The number of carbonyl (C=O) groups is 1. The van der Waals surface area contributed by atoms with Crippen LogP contribution in [0.1, 0.15) is 49.5 Å². The molecular formula is C24H28N2O2S2. The molecule has 0 saturated carbocycles. The van der Waals surface area contributed by atoms with Crippen LogP contribution in [0.15, 0.2) is 47.4 Å². The summed E-state index contributed by atoms with van der Waals surface area (Å²) in [6.07, 6.45) is 3.09. The highest BCUT2D eigenvalue weighted by Gasteiger charge is 2.27. The van der Waals surface area contributed by atoms with Crippen molar-refractivity contribution >= 4 is 44.4 Å². The van der Waals surface area contributed by atoms with Gasteiger partial charge in [0.15, 0.2) is 5.13 Å². The quantitative estimate of drug-likeness (QED) is 0.411. The summed E-state index contributed by atoms with van der Waals surface area (Å²) in [5.74, 6) is -0.00789. The summed E-state index contributed by atoms with van der Waals surface area (Å²) >= 11 is 3.36. The molecule has 0 radical (unpaired) electrons. The Morgan fingerprint density at radius 3 is 2.90 bits per heavy atom. The summed E-state index contributed by atoms with van der Waals surface area (Å²) in [6.45, 7) is 7.79. The summed E-state index contributed by atoms with van der Waals surface area (Å²) in [7, 11) is 0. The van der Waals surface area contributed by atoms with Gasteiger partial charge in [0.25, 0.3) is 5.91 Å². The van der Waals surface area contributed by atoms with E-state index in [1.54, 1.807) is 23.1 Å². The second kappa shape index (κ2) is 9.50. The number of thioether (sulfide) groups is 1. The Morgan fingerprint density at radius 1 is 1.30 bits per heavy atom. The molecule has 1 aliphatic heterocycles. The minimum absolute atomic E-state index is 0.00789. The van der Waals surface area contributed by atoms with Crippen molar-refractivity contribution in [1.29, 1.82) is 0 Å². The van der Waals surface area contributed by atoms with Crippen LogP contribution in [-0.4, -0.2) is 35.4 Å². The number of thiazole rings is 1. The number of carbonyl (C=O) groups excluding carboxylic acids is 1. The number of aryl methyl sites for hydroxylation is 1. The zero-order chi connectivity index (χ0) is 21.1. The van der Waals surface area contributed by atoms with Crippen LogP contribution < -0.4 is 4.90 Å². The minimum Gasteiger partial charge on any atom is -0.376 e. The Balaban J connectivity index is 1.68. The van der Waals surface area contributed by atoms with E-state index in [0.29, 0.717) is 17.4 Å². The second-order valence-corrected chi connectivity index (χ2v) is 10.6. The summed E-state index contributed by atoms with van der Waals surface area (Å²) in [5.41, 5.74) is 2.93. The number of ether oxygens (including phenoxy) is 1. The van der Waals surface area contributed by atoms with E-state index < -0.39 is 0 Å². The Kier molecular flexibility index (Phi) is 6.76. The Bertz CT molecular complexity index is 1020. The molecule has 1 unspecified atom stereocenters. The number of rotatable bonds is 7. The molecule has 0 N–H and O–H groups in total. The van der Waals surface area contributed by atoms with Gasteiger partial charge in [-0.05, 0) is 55.2 Å². The average molecular weight is 441 g/mol. The highest BCUT2D eigenvalue weighted by molar-refractivity contribution is 7.99. The number of hydrogen-bond acceptors (Lipinski definition) is 5. The summed E-state index contributed by atoms with van der Waals surface area (Å²) in [5, 5.41) is 1.22. The maximum absolute atomic E-state index is 13.6. The first-order valence-corrected chi connectivity index (χ1v) is 12.3. The van der Waals surface area contributed by atoms with Gasteiger partial charge in [-0.15, -0.1) is 11.8 Å². The van der Waals surface area contributed by atoms with E-state index in [4.69, 9.17) is 9.72 Å². The van der Waals surface area contributed by atoms with Crippen molar-refractivity contribution in [3.63, 3.8) is 0 Å². The van der Waals surface area contributed by atoms with E-state index in [9.17, 15) is 4.79 Å². The van der Waals surface area contributed by atoms with Gasteiger partial charge in [0, 0.05) is 22.3 Å². The third-order valence-electron chi connectivity index (χ3n) is 5.19. The lowest BCUT2D eigenvalue weighted by Crippen LogP contribution is -2.37. The SMILES string of the molecule is CCc1ccc2nc(N(CC3CCCO3)C(=O)c3cccc(SC(C)C)c3)sc2c1. The summed E-state index contributed by atoms with van der Waals surface area (Å²) in [4.78, 5) is 21.3. The number of benzene rings is 2. The second-order valence-electron chi connectivity index (χ2n) is 7.90. The molecule has 1 aromatic heterocycles. The van der Waals surface area contributed by atoms with Gasteiger partial charge >= 0.3 is 0 Å². The Labute approximate surface area is 186 Å². The first-order valence-electron chi connectivity index (χ1n) is 10.6. The van der Waals surface area contributed by atoms with Crippen LogP contribution in [0.25, 0.3) is 10.2 Å². The smallest absolute Gasteiger partial charge is 0.260 e. The number of amides is 1. The largest absolute Gasteiger partial charge is 0.376 e. The Hall–Kier alpha value is -1.89. The predicted molar refractivity (Wildman–Crippen MR) is 127 cm³/mol. The van der Waals surface area contributed by atoms with Crippen molar-refractivity contribution in [2.24, 2.45) is 0 Å². The predicted octanol–water partition coefficient (Wildman–Crippen LogP) is 6.19. The maximum atomic E-state index is 13.6. The highest BCUT2D eigenvalue weighted by atomic mass is 32.2. The van der Waals surface area contributed by atoms with Gasteiger partial charge in [0.05, 0.1) is 22.9 Å². The van der Waals surface area contributed by atoms with Gasteiger partial charge in [0.1, 0.15) is 0 Å². The standard InChI is InChI=1S/C24H28N2O2S2/c1-4-17-10-11-21-22(13-17)30-24(25-21)26(15-19-8-6-12-28-19)23(27)18-7-5-9-20(14-18)29-16(2)3/h5,7,9-11,13-14,16,19H,4,6,8,12,15H2,1-3H3. The lowest BCUT2D eigenvalue weighted by Gasteiger charge is -2.23. The third-order valence-corrected chi connectivity index (χ3v) is 7.23. The van der Waals surface area contributed by atoms with Gasteiger partial charge in [-0.3, -0.25) is 9.69 Å². The number of hydrogen-bond donors (Lipinski definition) is 0. The number of aromatic nitrogens is 1. The van der Waals surface area contributed by atoms with Gasteiger partial charge in [-0.2, -0.15) is 0 Å². The third kappa shape index (κ3) is 4.88. The molecule has 0 bridgehead atoms. The molecule has 0 spiro atoms. The molecule has 4 nitrogen and oxygen atoms in total. The van der Waals surface area contributed by atoms with Crippen LogP contribution in [0.4, 0.5) is 5.13 Å². The van der Waals surface area contributed by atoms with Crippen LogP contribution >= 0.6 is 23.1 Å². The normalized spacial score (nSPS) is 16.5. The van der Waals surface area contributed by atoms with Gasteiger partial charge in [-0.1, -0.05) is 44.2 Å². The molecule has 2 heterocycles. The van der Waals surface area contributed by atoms with Crippen LogP contribution in [0, 0.1) is 0 Å². The number of fused-ring (bicyclic) bond motifs is 1. The number of nitrogens with zero attached hydrogens (tertiary/aromatic N) is 2. The highest BCUT2D eigenvalue weighted by Crippen LogP contribution is 2.32. The first-order chi connectivity index (χ1) is 14.5. The van der Waals surface area contributed by atoms with E-state index in [2.05, 4.69) is 45.0 Å². The van der Waals surface area contributed by atoms with Crippen molar-refractivity contribution in [3.05, 3.63) is 53.6 Å². The molecular weight excluding hydrogens is 412 g/mol. The minimum atomic E-state index is -0.00789. The zero-order valence-electron chi connectivity index (χ0n) is 17.8. The van der Waals surface area contributed by atoms with Crippen molar-refractivity contribution in [1.82, 2.24) is 4.98 Å². The zero-order valence-corrected chi connectivity index (χ0v) is 19.4. The van der Waals surface area contributed by atoms with Crippen LogP contribution in [-0.2, 0) is 11.2 Å². The molecule has 1 saturated heterocycles. The Morgan fingerprint density at radius 2 is 2.17 bits per heavy atom. The molecule has 6 heteroatoms. The fourth-order valence-electron chi connectivity index (χ4n) is 3.66. The summed E-state index contributed by atoms with van der Waals surface area (Å²) in [6, 6.07) is 14.3. The molecule has 158 valence electrons. The molecule has 1 fully saturated rings. The average Bonchev–Trinajstić information content (AvgIpc) is 3.40. The van der Waals surface area contributed by atoms with Crippen LogP contribution in [0.3, 0.4) is 0 Å². The van der Waals surface area contributed by atoms with E-state index in [0.717, 1.165) is 46.1 Å². The molecule has 2 aromatic carbocycles. The van der Waals surface area contributed by atoms with Gasteiger partial charge in [-0.25, -0.2) is 4.98 Å². The van der Waals surface area contributed by atoms with E-state index in [1.165, 1.54) is 5.56 Å². The van der Waals surface area contributed by atoms with Crippen molar-refractivity contribution in [2.75, 3.05) is 18.1 Å².